The number of hydrogen-bond acceptors (Lipinski definition) is 7. The van der Waals surface area contributed by atoms with E-state index in [1.165, 1.54) is 0 Å². The molecule has 2 aromatic carbocycles. The highest BCUT2D eigenvalue weighted by Crippen LogP contribution is 2.11. The summed E-state index contributed by atoms with van der Waals surface area (Å²) in [6, 6.07) is 16.6. The second kappa shape index (κ2) is 12.5. The van der Waals surface area contributed by atoms with E-state index in [0.717, 1.165) is 56.9 Å². The van der Waals surface area contributed by atoms with Crippen LogP contribution in [0, 0.1) is 11.3 Å². The zero-order chi connectivity index (χ0) is 22.6. The Morgan fingerprint density at radius 2 is 1.68 bits per heavy atom. The zero-order valence-corrected chi connectivity index (χ0v) is 18.5. The van der Waals surface area contributed by atoms with Crippen molar-refractivity contribution in [3.8, 4) is 6.07 Å². The fourth-order valence-electron chi connectivity index (χ4n) is 3.08. The summed E-state index contributed by atoms with van der Waals surface area (Å²) in [6.45, 7) is 6.51. The molecule has 0 saturated carbocycles. The van der Waals surface area contributed by atoms with Crippen LogP contribution in [0.2, 0.25) is 0 Å². The molecule has 0 radical (unpaired) electrons. The van der Waals surface area contributed by atoms with Crippen molar-refractivity contribution < 1.29 is 0 Å². The highest BCUT2D eigenvalue weighted by atomic mass is 15.4. The molecule has 0 aromatic heterocycles. The number of nitrogen functional groups attached to an aromatic ring is 1. The van der Waals surface area contributed by atoms with Crippen LogP contribution in [0.1, 0.15) is 17.5 Å². The maximum atomic E-state index is 8.34. The number of amidine groups is 1. The van der Waals surface area contributed by atoms with Gasteiger partial charge >= 0.3 is 0 Å². The van der Waals surface area contributed by atoms with Gasteiger partial charge in [-0.25, -0.2) is 5.84 Å². The Bertz CT molecular complexity index is 845. The quantitative estimate of drug-likeness (QED) is 0.161. The summed E-state index contributed by atoms with van der Waals surface area (Å²) in [4.78, 5) is 9.35. The Hall–Kier alpha value is -3.12. The minimum atomic E-state index is 0.601. The Labute approximate surface area is 185 Å². The lowest BCUT2D eigenvalue weighted by atomic mass is 10.2. The number of anilines is 2. The molecule has 1 aliphatic rings. The highest BCUT2D eigenvalue weighted by molar-refractivity contribution is 5.97. The number of hydrazine groups is 1. The summed E-state index contributed by atoms with van der Waals surface area (Å²) < 4.78 is 0. The van der Waals surface area contributed by atoms with Gasteiger partial charge in [0, 0.05) is 51.0 Å². The Balaban J connectivity index is 0.000000316. The number of nitrogens with zero attached hydrogens (tertiary/aromatic N) is 5. The normalized spacial score (nSPS) is 15.0. The average molecular weight is 423 g/mol. The van der Waals surface area contributed by atoms with E-state index in [4.69, 9.17) is 22.6 Å². The van der Waals surface area contributed by atoms with Crippen molar-refractivity contribution in [3.05, 3.63) is 59.7 Å². The number of benzene rings is 2. The first kappa shape index (κ1) is 24.2. The minimum Gasteiger partial charge on any atom is -0.399 e. The van der Waals surface area contributed by atoms with Gasteiger partial charge in [-0.2, -0.15) is 5.26 Å². The second-order valence-electron chi connectivity index (χ2n) is 7.66. The van der Waals surface area contributed by atoms with Crippen molar-refractivity contribution in [2.24, 2.45) is 16.6 Å². The van der Waals surface area contributed by atoms with Gasteiger partial charge in [0.15, 0.2) is 0 Å². The number of rotatable bonds is 6. The van der Waals surface area contributed by atoms with E-state index in [0.29, 0.717) is 17.1 Å². The van der Waals surface area contributed by atoms with Crippen molar-refractivity contribution in [2.75, 3.05) is 64.1 Å². The molecular weight excluding hydrogens is 388 g/mol. The molecule has 3 rings (SSSR count). The Morgan fingerprint density at radius 3 is 2.23 bits per heavy atom. The molecule has 0 bridgehead atoms. The molecule has 0 spiro atoms. The van der Waals surface area contributed by atoms with Crippen molar-refractivity contribution in [1.29, 1.82) is 5.26 Å². The topological polar surface area (TPSA) is 124 Å². The summed E-state index contributed by atoms with van der Waals surface area (Å²) in [6.07, 6.45) is 1.05. The van der Waals surface area contributed by atoms with Crippen LogP contribution >= 0.6 is 0 Å². The predicted molar refractivity (Wildman–Crippen MR) is 129 cm³/mol. The molecular formula is C23H34N8. The van der Waals surface area contributed by atoms with Crippen LogP contribution in [0.5, 0.6) is 0 Å². The lowest BCUT2D eigenvalue weighted by Gasteiger charge is -2.32. The van der Waals surface area contributed by atoms with Crippen molar-refractivity contribution in [1.82, 2.24) is 9.80 Å². The molecule has 166 valence electrons. The molecule has 8 nitrogen and oxygen atoms in total. The van der Waals surface area contributed by atoms with Gasteiger partial charge in [0.1, 0.15) is 5.84 Å². The fourth-order valence-corrected chi connectivity index (χ4v) is 3.08. The molecule has 31 heavy (non-hydrogen) atoms. The third-order valence-electron chi connectivity index (χ3n) is 5.12. The fraction of sp³-hybridized carbons (Fsp3) is 0.391. The minimum absolute atomic E-state index is 0.601. The first-order chi connectivity index (χ1) is 14.9. The lowest BCUT2D eigenvalue weighted by molar-refractivity contribution is 0.153. The van der Waals surface area contributed by atoms with E-state index in [1.807, 2.05) is 37.4 Å². The summed E-state index contributed by atoms with van der Waals surface area (Å²) in [5.41, 5.74) is 14.6. The van der Waals surface area contributed by atoms with Crippen LogP contribution in [-0.2, 0) is 0 Å². The molecule has 1 fully saturated rings. The van der Waals surface area contributed by atoms with Gasteiger partial charge < -0.3 is 26.3 Å². The van der Waals surface area contributed by atoms with E-state index in [-0.39, 0.29) is 0 Å². The van der Waals surface area contributed by atoms with E-state index in [2.05, 4.69) is 21.8 Å². The van der Waals surface area contributed by atoms with Gasteiger partial charge in [-0.3, -0.25) is 4.99 Å². The molecule has 1 saturated heterocycles. The summed E-state index contributed by atoms with van der Waals surface area (Å²) in [7, 11) is 3.99. The van der Waals surface area contributed by atoms with Crippen molar-refractivity contribution in [2.45, 2.75) is 6.42 Å². The molecule has 6 N–H and O–H groups in total. The smallest absolute Gasteiger partial charge is 0.125 e. The van der Waals surface area contributed by atoms with Crippen molar-refractivity contribution >= 4 is 17.2 Å². The largest absolute Gasteiger partial charge is 0.399 e. The summed E-state index contributed by atoms with van der Waals surface area (Å²) in [5.74, 6) is 6.28. The monoisotopic (exact) mass is 422 g/mol. The zero-order valence-electron chi connectivity index (χ0n) is 18.5. The first-order valence-corrected chi connectivity index (χ1v) is 10.4. The highest BCUT2D eigenvalue weighted by Gasteiger charge is 2.12. The van der Waals surface area contributed by atoms with Crippen LogP contribution in [0.15, 0.2) is 53.5 Å². The number of hydrogen-bond donors (Lipinski definition) is 3. The second-order valence-corrected chi connectivity index (χ2v) is 7.66. The van der Waals surface area contributed by atoms with Crippen molar-refractivity contribution in [3.63, 3.8) is 0 Å². The van der Waals surface area contributed by atoms with E-state index in [9.17, 15) is 0 Å². The SMILES string of the molecule is CN1CCN(CCCN=C(N)c2ccc(N(C)N)cc2)CC1.N#Cc1ccc(N)cc1. The van der Waals surface area contributed by atoms with E-state index < -0.39 is 0 Å². The third-order valence-corrected chi connectivity index (χ3v) is 5.12. The average Bonchev–Trinajstić information content (AvgIpc) is 2.79. The van der Waals surface area contributed by atoms with E-state index in [1.54, 1.807) is 29.3 Å². The molecule has 0 aliphatic carbocycles. The summed E-state index contributed by atoms with van der Waals surface area (Å²) >= 11 is 0. The third kappa shape index (κ3) is 8.64. The number of nitriles is 1. The molecule has 0 unspecified atom stereocenters. The molecule has 2 aromatic rings. The summed E-state index contributed by atoms with van der Waals surface area (Å²) in [5, 5.41) is 9.91. The standard InChI is InChI=1S/C16H28N6.C7H6N2/c1-20-10-12-22(13-11-20)9-3-8-19-16(17)14-4-6-15(7-5-14)21(2)18;8-5-6-1-3-7(9)4-2-6/h4-7H,3,8-13,18H2,1-2H3,(H2,17,19);1-4H,9H2. The van der Waals surface area contributed by atoms with Gasteiger partial charge in [0.2, 0.25) is 0 Å². The van der Waals surface area contributed by atoms with Crippen LogP contribution in [0.4, 0.5) is 11.4 Å². The molecule has 0 amide bonds. The van der Waals surface area contributed by atoms with Crippen LogP contribution in [0.25, 0.3) is 0 Å². The maximum absolute atomic E-state index is 8.34. The molecule has 1 heterocycles. The van der Waals surface area contributed by atoms with Gasteiger partial charge in [0.05, 0.1) is 17.3 Å². The van der Waals surface area contributed by atoms with Crippen LogP contribution < -0.4 is 22.3 Å². The number of likely N-dealkylation sites (N-methyl/N-ethyl adjacent to an activating group) is 1. The first-order valence-electron chi connectivity index (χ1n) is 10.4. The maximum Gasteiger partial charge on any atom is 0.125 e. The Kier molecular flexibility index (Phi) is 9.78. The van der Waals surface area contributed by atoms with Crippen LogP contribution in [0.3, 0.4) is 0 Å². The Morgan fingerprint density at radius 1 is 1.06 bits per heavy atom. The molecule has 8 heteroatoms. The molecule has 0 atom stereocenters. The van der Waals surface area contributed by atoms with E-state index >= 15 is 0 Å². The van der Waals surface area contributed by atoms with Crippen LogP contribution in [-0.4, -0.2) is 69.0 Å². The number of aliphatic imine (C=N–C) groups is 1. The van der Waals surface area contributed by atoms with Gasteiger partial charge in [0.25, 0.3) is 0 Å². The lowest BCUT2D eigenvalue weighted by Crippen LogP contribution is -2.44. The predicted octanol–water partition coefficient (Wildman–Crippen LogP) is 1.48. The van der Waals surface area contributed by atoms with Gasteiger partial charge in [-0.15, -0.1) is 0 Å². The molecule has 1 aliphatic heterocycles. The number of nitrogens with two attached hydrogens (primary N) is 3. The number of piperazine rings is 1. The van der Waals surface area contributed by atoms with Gasteiger partial charge in [-0.05, 0) is 68.5 Å². The van der Waals surface area contributed by atoms with Gasteiger partial charge in [-0.1, -0.05) is 0 Å².